The molecule has 0 unspecified atom stereocenters. The molecule has 1 fully saturated rings. The van der Waals surface area contributed by atoms with Crippen molar-refractivity contribution in [2.24, 2.45) is 0 Å². The highest BCUT2D eigenvalue weighted by Crippen LogP contribution is 2.18. The van der Waals surface area contributed by atoms with Crippen molar-refractivity contribution in [3.8, 4) is 0 Å². The zero-order chi connectivity index (χ0) is 17.7. The molecule has 0 spiro atoms. The molecular formula is C12H12ClF4N3O3. The molecule has 0 radical (unpaired) electrons. The van der Waals surface area contributed by atoms with Crippen LogP contribution in [-0.2, 0) is 16.1 Å². The number of carboxylic acids is 1. The molecule has 2 rings (SSSR count). The van der Waals surface area contributed by atoms with E-state index in [2.05, 4.69) is 15.6 Å². The summed E-state index contributed by atoms with van der Waals surface area (Å²) in [5, 5.41) is 12.8. The second kappa shape index (κ2) is 7.55. The number of nitrogens with one attached hydrogen (secondary N) is 2. The lowest BCUT2D eigenvalue weighted by Crippen LogP contribution is -2.64. The normalized spacial score (nSPS) is 15.7. The van der Waals surface area contributed by atoms with Crippen LogP contribution in [0.1, 0.15) is 5.56 Å². The van der Waals surface area contributed by atoms with Gasteiger partial charge in [-0.05, 0) is 11.6 Å². The first-order valence-corrected chi connectivity index (χ1v) is 6.50. The number of alkyl halides is 4. The van der Waals surface area contributed by atoms with E-state index in [0.29, 0.717) is 5.02 Å². The molecule has 2 heterocycles. The lowest BCUT2D eigenvalue weighted by atomic mass is 9.98. The van der Waals surface area contributed by atoms with Crippen LogP contribution in [0.25, 0.3) is 0 Å². The summed E-state index contributed by atoms with van der Waals surface area (Å²) >= 11 is 5.85. The van der Waals surface area contributed by atoms with Crippen molar-refractivity contribution in [1.82, 2.24) is 15.6 Å². The van der Waals surface area contributed by atoms with Gasteiger partial charge in [-0.3, -0.25) is 9.78 Å². The standard InChI is InChI=1S/C10H11ClFN3O.C2HF3O2/c11-8-4-13-2-1-7(8)3-15-9(16)10(12)5-14-6-10;3-2(4,5)1(6)7/h1-2,4,14H,3,5-6H2,(H,15,16);(H,6,7). The fraction of sp³-hybridized carbons (Fsp3) is 0.417. The van der Waals surface area contributed by atoms with E-state index in [0.717, 1.165) is 5.56 Å². The summed E-state index contributed by atoms with van der Waals surface area (Å²) in [6.07, 6.45) is -2.03. The molecule has 1 amide bonds. The number of pyridine rings is 1. The lowest BCUT2D eigenvalue weighted by Gasteiger charge is -2.33. The number of amides is 1. The van der Waals surface area contributed by atoms with Crippen LogP contribution in [0.2, 0.25) is 5.02 Å². The number of hydrogen-bond acceptors (Lipinski definition) is 4. The third-order valence-electron chi connectivity index (χ3n) is 2.76. The first kappa shape index (κ1) is 19.1. The van der Waals surface area contributed by atoms with E-state index in [1.165, 1.54) is 6.20 Å². The van der Waals surface area contributed by atoms with Crippen LogP contribution in [-0.4, -0.2) is 46.9 Å². The second-order valence-electron chi connectivity index (χ2n) is 4.52. The Kier molecular flexibility index (Phi) is 6.28. The van der Waals surface area contributed by atoms with Gasteiger partial charge in [-0.25, -0.2) is 9.18 Å². The maximum Gasteiger partial charge on any atom is 0.490 e. The van der Waals surface area contributed by atoms with Crippen LogP contribution >= 0.6 is 11.6 Å². The van der Waals surface area contributed by atoms with Gasteiger partial charge in [0.1, 0.15) is 0 Å². The highest BCUT2D eigenvalue weighted by atomic mass is 35.5. The fourth-order valence-corrected chi connectivity index (χ4v) is 1.57. The molecule has 0 aliphatic carbocycles. The van der Waals surface area contributed by atoms with Gasteiger partial charge in [0.25, 0.3) is 5.91 Å². The average molecular weight is 358 g/mol. The SMILES string of the molecule is O=C(NCc1ccncc1Cl)C1(F)CNC1.O=C(O)C(F)(F)F. The summed E-state index contributed by atoms with van der Waals surface area (Å²) < 4.78 is 45.3. The number of aliphatic carboxylic acids is 1. The predicted molar refractivity (Wildman–Crippen MR) is 71.5 cm³/mol. The van der Waals surface area contributed by atoms with Crippen LogP contribution in [0.3, 0.4) is 0 Å². The Morgan fingerprint density at radius 1 is 1.43 bits per heavy atom. The predicted octanol–water partition coefficient (Wildman–Crippen LogP) is 1.30. The Hall–Kier alpha value is -1.94. The van der Waals surface area contributed by atoms with Crippen molar-refractivity contribution < 1.29 is 32.3 Å². The van der Waals surface area contributed by atoms with Crippen LogP contribution in [0.4, 0.5) is 17.6 Å². The number of carbonyl (C=O) groups is 2. The molecule has 128 valence electrons. The largest absolute Gasteiger partial charge is 0.490 e. The Labute approximate surface area is 132 Å². The number of aromatic nitrogens is 1. The van der Waals surface area contributed by atoms with Gasteiger partial charge in [0, 0.05) is 32.0 Å². The fourth-order valence-electron chi connectivity index (χ4n) is 1.39. The average Bonchev–Trinajstić information content (AvgIpc) is 2.43. The van der Waals surface area contributed by atoms with Crippen molar-refractivity contribution in [1.29, 1.82) is 0 Å². The zero-order valence-electron chi connectivity index (χ0n) is 11.5. The van der Waals surface area contributed by atoms with Crippen LogP contribution < -0.4 is 10.6 Å². The number of carbonyl (C=O) groups excluding carboxylic acids is 1. The molecule has 1 aromatic heterocycles. The van der Waals surface area contributed by atoms with E-state index in [9.17, 15) is 22.4 Å². The van der Waals surface area contributed by atoms with E-state index in [4.69, 9.17) is 21.5 Å². The number of nitrogens with zero attached hydrogens (tertiary/aromatic N) is 1. The summed E-state index contributed by atoms with van der Waals surface area (Å²) in [5.41, 5.74) is -1.04. The summed E-state index contributed by atoms with van der Waals surface area (Å²) in [6, 6.07) is 1.69. The third-order valence-corrected chi connectivity index (χ3v) is 3.10. The lowest BCUT2D eigenvalue weighted by molar-refractivity contribution is -0.192. The minimum absolute atomic E-state index is 0.0723. The van der Waals surface area contributed by atoms with Gasteiger partial charge in [0.15, 0.2) is 0 Å². The van der Waals surface area contributed by atoms with Crippen molar-refractivity contribution >= 4 is 23.5 Å². The zero-order valence-corrected chi connectivity index (χ0v) is 12.2. The van der Waals surface area contributed by atoms with Crippen LogP contribution in [0.5, 0.6) is 0 Å². The van der Waals surface area contributed by atoms with E-state index in [1.54, 1.807) is 12.3 Å². The van der Waals surface area contributed by atoms with Gasteiger partial charge in [0.05, 0.1) is 5.02 Å². The highest BCUT2D eigenvalue weighted by molar-refractivity contribution is 6.31. The summed E-state index contributed by atoms with van der Waals surface area (Å²) in [5.74, 6) is -3.35. The Bertz CT molecular complexity index is 579. The molecule has 1 aliphatic rings. The van der Waals surface area contributed by atoms with E-state index < -0.39 is 23.7 Å². The Balaban J connectivity index is 0.000000322. The molecule has 1 aliphatic heterocycles. The smallest absolute Gasteiger partial charge is 0.475 e. The minimum Gasteiger partial charge on any atom is -0.475 e. The molecule has 0 aromatic carbocycles. The molecule has 11 heteroatoms. The Morgan fingerprint density at radius 3 is 2.39 bits per heavy atom. The van der Waals surface area contributed by atoms with Crippen LogP contribution in [0.15, 0.2) is 18.5 Å². The third kappa shape index (κ3) is 5.64. The Morgan fingerprint density at radius 2 is 2.00 bits per heavy atom. The molecule has 0 saturated carbocycles. The monoisotopic (exact) mass is 357 g/mol. The van der Waals surface area contributed by atoms with Gasteiger partial charge >= 0.3 is 12.1 Å². The van der Waals surface area contributed by atoms with Gasteiger partial charge in [-0.2, -0.15) is 13.2 Å². The second-order valence-corrected chi connectivity index (χ2v) is 4.93. The summed E-state index contributed by atoms with van der Waals surface area (Å²) in [7, 11) is 0. The number of carboxylic acid groups (broad SMARTS) is 1. The summed E-state index contributed by atoms with van der Waals surface area (Å²) in [4.78, 5) is 24.2. The molecule has 6 nitrogen and oxygen atoms in total. The highest BCUT2D eigenvalue weighted by Gasteiger charge is 2.44. The first-order chi connectivity index (χ1) is 10.6. The number of rotatable bonds is 3. The number of halogens is 5. The van der Waals surface area contributed by atoms with Crippen LogP contribution in [0, 0.1) is 0 Å². The van der Waals surface area contributed by atoms with Crippen molar-refractivity contribution in [3.05, 3.63) is 29.0 Å². The van der Waals surface area contributed by atoms with Gasteiger partial charge in [0.2, 0.25) is 5.67 Å². The van der Waals surface area contributed by atoms with Gasteiger partial charge in [-0.15, -0.1) is 0 Å². The number of hydrogen-bond donors (Lipinski definition) is 3. The molecule has 1 aromatic rings. The van der Waals surface area contributed by atoms with E-state index in [-0.39, 0.29) is 19.6 Å². The maximum atomic E-state index is 13.6. The quantitative estimate of drug-likeness (QED) is 0.709. The van der Waals surface area contributed by atoms with Gasteiger partial charge < -0.3 is 15.7 Å². The topological polar surface area (TPSA) is 91.3 Å². The van der Waals surface area contributed by atoms with E-state index >= 15 is 0 Å². The van der Waals surface area contributed by atoms with Crippen molar-refractivity contribution in [3.63, 3.8) is 0 Å². The van der Waals surface area contributed by atoms with Crippen molar-refractivity contribution in [2.75, 3.05) is 13.1 Å². The molecule has 23 heavy (non-hydrogen) atoms. The molecule has 0 bridgehead atoms. The molecule has 3 N–H and O–H groups in total. The van der Waals surface area contributed by atoms with Crippen molar-refractivity contribution in [2.45, 2.75) is 18.4 Å². The van der Waals surface area contributed by atoms with E-state index in [1.807, 2.05) is 0 Å². The molecular weight excluding hydrogens is 346 g/mol. The first-order valence-electron chi connectivity index (χ1n) is 6.13. The molecule has 1 saturated heterocycles. The maximum absolute atomic E-state index is 13.6. The van der Waals surface area contributed by atoms with Gasteiger partial charge in [-0.1, -0.05) is 11.6 Å². The minimum atomic E-state index is -5.08. The summed E-state index contributed by atoms with van der Waals surface area (Å²) in [6.45, 7) is 0.359. The molecule has 0 atom stereocenters.